The number of aliphatic carboxylic acids is 1. The number of benzene rings is 1. The Bertz CT molecular complexity index is 943. The molecular weight excluding hydrogens is 306 g/mol. The first-order valence-electron chi connectivity index (χ1n) is 6.54. The van der Waals surface area contributed by atoms with E-state index in [-0.39, 0.29) is 12.0 Å². The first-order chi connectivity index (χ1) is 10.5. The van der Waals surface area contributed by atoms with Crippen molar-refractivity contribution in [2.24, 2.45) is 0 Å². The largest absolute Gasteiger partial charge is 0.481 e. The standard InChI is InChI=1S/C15H12ClN3O3/c1-8-11(6-14(20)21)15(22)19-13(17-8)7-12(18-19)9-3-2-4-10(16)5-9/h2-5,7,18H,6H2,1H3,(H,20,21). The van der Waals surface area contributed by atoms with E-state index >= 15 is 0 Å². The number of hydrogen-bond acceptors (Lipinski definition) is 3. The van der Waals surface area contributed by atoms with E-state index < -0.39 is 11.5 Å². The fourth-order valence-corrected chi connectivity index (χ4v) is 2.52. The fourth-order valence-electron chi connectivity index (χ4n) is 2.33. The molecule has 0 aliphatic rings. The van der Waals surface area contributed by atoms with Crippen LogP contribution in [-0.2, 0) is 11.2 Å². The van der Waals surface area contributed by atoms with Crippen molar-refractivity contribution in [2.45, 2.75) is 13.3 Å². The normalized spacial score (nSPS) is 11.0. The summed E-state index contributed by atoms with van der Waals surface area (Å²) in [6.45, 7) is 1.63. The van der Waals surface area contributed by atoms with Crippen LogP contribution in [-0.4, -0.2) is 25.7 Å². The maximum absolute atomic E-state index is 12.4. The summed E-state index contributed by atoms with van der Waals surface area (Å²) in [5, 5.41) is 12.4. The van der Waals surface area contributed by atoms with Crippen LogP contribution >= 0.6 is 11.6 Å². The summed E-state index contributed by atoms with van der Waals surface area (Å²) < 4.78 is 1.25. The monoisotopic (exact) mass is 317 g/mol. The molecule has 0 fully saturated rings. The topological polar surface area (TPSA) is 87.5 Å². The maximum atomic E-state index is 12.4. The number of fused-ring (bicyclic) bond motifs is 1. The van der Waals surface area contributed by atoms with Gasteiger partial charge in [-0.25, -0.2) is 9.50 Å². The number of hydrogen-bond donors (Lipinski definition) is 2. The summed E-state index contributed by atoms with van der Waals surface area (Å²) in [7, 11) is 0. The van der Waals surface area contributed by atoms with Gasteiger partial charge >= 0.3 is 5.97 Å². The van der Waals surface area contributed by atoms with Gasteiger partial charge in [-0.3, -0.25) is 14.7 Å². The molecule has 0 aliphatic carbocycles. The van der Waals surface area contributed by atoms with E-state index in [1.54, 1.807) is 31.2 Å². The second-order valence-corrected chi connectivity index (χ2v) is 5.36. The van der Waals surface area contributed by atoms with Crippen LogP contribution in [0.15, 0.2) is 35.1 Å². The second-order valence-electron chi connectivity index (χ2n) is 4.93. The lowest BCUT2D eigenvalue weighted by atomic mass is 10.1. The molecule has 0 spiro atoms. The smallest absolute Gasteiger partial charge is 0.308 e. The lowest BCUT2D eigenvalue weighted by Gasteiger charge is -2.02. The molecule has 0 saturated heterocycles. The van der Waals surface area contributed by atoms with Crippen molar-refractivity contribution in [3.8, 4) is 11.3 Å². The van der Waals surface area contributed by atoms with Crippen LogP contribution in [0.4, 0.5) is 0 Å². The Kier molecular flexibility index (Phi) is 3.46. The molecule has 1 aromatic carbocycles. The molecule has 3 aromatic rings. The Morgan fingerprint density at radius 1 is 1.41 bits per heavy atom. The van der Waals surface area contributed by atoms with Crippen LogP contribution < -0.4 is 5.56 Å². The molecule has 112 valence electrons. The highest BCUT2D eigenvalue weighted by molar-refractivity contribution is 6.30. The number of rotatable bonds is 3. The van der Waals surface area contributed by atoms with Gasteiger partial charge in [0.05, 0.1) is 17.7 Å². The van der Waals surface area contributed by atoms with E-state index in [0.717, 1.165) is 5.56 Å². The minimum absolute atomic E-state index is 0.171. The van der Waals surface area contributed by atoms with Gasteiger partial charge in [0.25, 0.3) is 5.56 Å². The molecule has 6 nitrogen and oxygen atoms in total. The van der Waals surface area contributed by atoms with Gasteiger partial charge in [0, 0.05) is 22.3 Å². The number of aromatic nitrogens is 3. The van der Waals surface area contributed by atoms with Crippen molar-refractivity contribution in [3.63, 3.8) is 0 Å². The van der Waals surface area contributed by atoms with Crippen molar-refractivity contribution < 1.29 is 9.90 Å². The highest BCUT2D eigenvalue weighted by Gasteiger charge is 2.15. The molecule has 22 heavy (non-hydrogen) atoms. The van der Waals surface area contributed by atoms with Crippen LogP contribution in [0.5, 0.6) is 0 Å². The number of carboxylic acid groups (broad SMARTS) is 1. The van der Waals surface area contributed by atoms with Gasteiger partial charge < -0.3 is 5.11 Å². The Morgan fingerprint density at radius 2 is 2.18 bits per heavy atom. The van der Waals surface area contributed by atoms with Crippen LogP contribution in [0.1, 0.15) is 11.3 Å². The minimum Gasteiger partial charge on any atom is -0.481 e. The molecule has 7 heteroatoms. The molecule has 0 atom stereocenters. The Labute approximate surface area is 130 Å². The van der Waals surface area contributed by atoms with Gasteiger partial charge in [0.15, 0.2) is 5.65 Å². The second kappa shape index (κ2) is 5.31. The van der Waals surface area contributed by atoms with Crippen LogP contribution in [0, 0.1) is 6.92 Å². The Morgan fingerprint density at radius 3 is 2.86 bits per heavy atom. The highest BCUT2D eigenvalue weighted by atomic mass is 35.5. The number of nitrogens with one attached hydrogen (secondary N) is 1. The molecule has 0 amide bonds. The average Bonchev–Trinajstić information content (AvgIpc) is 2.87. The van der Waals surface area contributed by atoms with Gasteiger partial charge in [-0.1, -0.05) is 23.7 Å². The summed E-state index contributed by atoms with van der Waals surface area (Å²) in [4.78, 5) is 27.6. The van der Waals surface area contributed by atoms with Gasteiger partial charge in [0.1, 0.15) is 0 Å². The summed E-state index contributed by atoms with van der Waals surface area (Å²) in [6.07, 6.45) is -0.355. The lowest BCUT2D eigenvalue weighted by molar-refractivity contribution is -0.136. The zero-order valence-electron chi connectivity index (χ0n) is 11.6. The molecule has 0 aliphatic heterocycles. The van der Waals surface area contributed by atoms with Crippen molar-refractivity contribution in [1.29, 1.82) is 0 Å². The van der Waals surface area contributed by atoms with Gasteiger partial charge in [-0.2, -0.15) is 0 Å². The number of H-pyrrole nitrogens is 1. The first kappa shape index (κ1) is 14.3. The van der Waals surface area contributed by atoms with E-state index in [1.165, 1.54) is 4.52 Å². The van der Waals surface area contributed by atoms with E-state index in [2.05, 4.69) is 10.1 Å². The number of nitrogens with zero attached hydrogens (tertiary/aromatic N) is 2. The third-order valence-corrected chi connectivity index (χ3v) is 3.61. The molecule has 0 bridgehead atoms. The maximum Gasteiger partial charge on any atom is 0.308 e. The van der Waals surface area contributed by atoms with E-state index in [9.17, 15) is 9.59 Å². The quantitative estimate of drug-likeness (QED) is 0.775. The van der Waals surface area contributed by atoms with Crippen LogP contribution in [0.25, 0.3) is 16.9 Å². The van der Waals surface area contributed by atoms with E-state index in [1.807, 2.05) is 6.07 Å². The Hall–Kier alpha value is -2.60. The van der Waals surface area contributed by atoms with Gasteiger partial charge in [-0.05, 0) is 19.1 Å². The van der Waals surface area contributed by atoms with Gasteiger partial charge in [0.2, 0.25) is 0 Å². The zero-order chi connectivity index (χ0) is 15.9. The van der Waals surface area contributed by atoms with Gasteiger partial charge in [-0.15, -0.1) is 0 Å². The zero-order valence-corrected chi connectivity index (χ0v) is 12.4. The summed E-state index contributed by atoms with van der Waals surface area (Å²) in [6, 6.07) is 8.91. The number of carboxylic acids is 1. The molecule has 0 unspecified atom stereocenters. The highest BCUT2D eigenvalue weighted by Crippen LogP contribution is 2.22. The number of halogens is 1. The summed E-state index contributed by atoms with van der Waals surface area (Å²) in [5.41, 5.74) is 2.12. The van der Waals surface area contributed by atoms with E-state index in [4.69, 9.17) is 16.7 Å². The molecule has 2 aromatic heterocycles. The average molecular weight is 318 g/mol. The van der Waals surface area contributed by atoms with Crippen molar-refractivity contribution in [3.05, 3.63) is 57.0 Å². The predicted octanol–water partition coefficient (Wildman–Crippen LogP) is 2.28. The predicted molar refractivity (Wildman–Crippen MR) is 82.3 cm³/mol. The SMILES string of the molecule is Cc1nc2cc(-c3cccc(Cl)c3)[nH]n2c(=O)c1CC(=O)O. The van der Waals surface area contributed by atoms with E-state index in [0.29, 0.717) is 22.1 Å². The number of aryl methyl sites for hydroxylation is 1. The molecule has 0 radical (unpaired) electrons. The molecular formula is C15H12ClN3O3. The number of aromatic amines is 1. The van der Waals surface area contributed by atoms with Crippen LogP contribution in [0.3, 0.4) is 0 Å². The Balaban J connectivity index is 2.20. The summed E-state index contributed by atoms with van der Waals surface area (Å²) >= 11 is 5.97. The summed E-state index contributed by atoms with van der Waals surface area (Å²) in [5.74, 6) is -1.07. The number of carbonyl (C=O) groups is 1. The molecule has 0 saturated carbocycles. The van der Waals surface area contributed by atoms with Crippen molar-refractivity contribution >= 4 is 23.2 Å². The minimum atomic E-state index is -1.07. The third kappa shape index (κ3) is 2.48. The molecule has 2 heterocycles. The molecule has 3 rings (SSSR count). The lowest BCUT2D eigenvalue weighted by Crippen LogP contribution is -2.23. The molecule has 2 N–H and O–H groups in total. The third-order valence-electron chi connectivity index (χ3n) is 3.38. The van der Waals surface area contributed by atoms with Crippen molar-refractivity contribution in [1.82, 2.24) is 14.6 Å². The van der Waals surface area contributed by atoms with Crippen molar-refractivity contribution in [2.75, 3.05) is 0 Å². The van der Waals surface area contributed by atoms with Crippen LogP contribution in [0.2, 0.25) is 5.02 Å². The first-order valence-corrected chi connectivity index (χ1v) is 6.92. The fraction of sp³-hybridized carbons (Fsp3) is 0.133.